The molecule has 0 saturated carbocycles. The smallest absolute Gasteiger partial charge is 0.255 e. The summed E-state index contributed by atoms with van der Waals surface area (Å²) in [5.41, 5.74) is 4.33. The number of anilines is 1. The number of imidazole rings is 1. The molecule has 0 aliphatic carbocycles. The molecule has 5 aromatic rings. The zero-order chi connectivity index (χ0) is 34.5. The summed E-state index contributed by atoms with van der Waals surface area (Å²) < 4.78 is 22.3. The Morgan fingerprint density at radius 2 is 1.80 bits per heavy atom. The number of tetrazole rings is 1. The maximum Gasteiger partial charge on any atom is 0.255 e. The van der Waals surface area contributed by atoms with Gasteiger partial charge >= 0.3 is 0 Å². The van der Waals surface area contributed by atoms with E-state index in [1.165, 1.54) is 16.6 Å². The number of benzene rings is 3. The van der Waals surface area contributed by atoms with E-state index in [2.05, 4.69) is 72.4 Å². The number of fused-ring (bicyclic) bond motifs is 1. The van der Waals surface area contributed by atoms with Gasteiger partial charge in [-0.05, 0) is 85.6 Å². The predicted octanol–water partition coefficient (Wildman–Crippen LogP) is 4.17. The number of aromatic nitrogens is 6. The van der Waals surface area contributed by atoms with Crippen LogP contribution < -0.4 is 4.90 Å². The summed E-state index contributed by atoms with van der Waals surface area (Å²) in [6.45, 7) is 10.1. The van der Waals surface area contributed by atoms with Crippen LogP contribution in [0.3, 0.4) is 0 Å². The molecular formula is C37H45N9O3S. The fraction of sp³-hybridized carbons (Fsp3) is 0.432. The van der Waals surface area contributed by atoms with E-state index in [0.717, 1.165) is 75.5 Å². The summed E-state index contributed by atoms with van der Waals surface area (Å²) in [7, 11) is -1.34. The number of carbonyl (C=O) groups excluding carboxylic acids is 1. The van der Waals surface area contributed by atoms with Crippen molar-refractivity contribution in [3.63, 3.8) is 0 Å². The van der Waals surface area contributed by atoms with Gasteiger partial charge in [0.2, 0.25) is 5.95 Å². The van der Waals surface area contributed by atoms with Gasteiger partial charge in [0.15, 0.2) is 0 Å². The van der Waals surface area contributed by atoms with Crippen LogP contribution in [-0.4, -0.2) is 115 Å². The molecule has 262 valence electrons. The molecule has 13 heteroatoms. The van der Waals surface area contributed by atoms with Gasteiger partial charge in [-0.3, -0.25) is 9.00 Å². The Kier molecular flexibility index (Phi) is 10.3. The first-order valence-corrected chi connectivity index (χ1v) is 19.1. The molecule has 50 heavy (non-hydrogen) atoms. The fourth-order valence-electron chi connectivity index (χ4n) is 7.54. The summed E-state index contributed by atoms with van der Waals surface area (Å²) >= 11 is 0. The lowest BCUT2D eigenvalue weighted by Gasteiger charge is -2.33. The molecular weight excluding hydrogens is 651 g/mol. The van der Waals surface area contributed by atoms with E-state index in [-0.39, 0.29) is 11.3 Å². The molecule has 0 spiro atoms. The van der Waals surface area contributed by atoms with Crippen molar-refractivity contribution in [2.75, 3.05) is 70.2 Å². The number of para-hydroxylation sites is 2. The molecule has 2 saturated heterocycles. The molecule has 2 aromatic heterocycles. The van der Waals surface area contributed by atoms with E-state index >= 15 is 0 Å². The van der Waals surface area contributed by atoms with Crippen molar-refractivity contribution in [1.82, 2.24) is 39.6 Å². The molecule has 2 unspecified atom stereocenters. The molecule has 2 aliphatic rings. The molecule has 3 aromatic carbocycles. The molecule has 0 N–H and O–H groups in total. The second-order valence-corrected chi connectivity index (χ2v) is 14.5. The lowest BCUT2D eigenvalue weighted by atomic mass is 9.76. The Balaban J connectivity index is 1.07. The summed E-state index contributed by atoms with van der Waals surface area (Å²) in [4.78, 5) is 26.8. The highest BCUT2D eigenvalue weighted by molar-refractivity contribution is 7.84. The lowest BCUT2D eigenvalue weighted by Crippen LogP contribution is -2.39. The fourth-order valence-corrected chi connectivity index (χ4v) is 8.26. The minimum absolute atomic E-state index is 0.111. The van der Waals surface area contributed by atoms with E-state index in [0.29, 0.717) is 42.4 Å². The molecule has 0 radical (unpaired) electrons. The van der Waals surface area contributed by atoms with Gasteiger partial charge in [0.1, 0.15) is 6.33 Å². The van der Waals surface area contributed by atoms with Crippen molar-refractivity contribution in [3.8, 4) is 5.69 Å². The summed E-state index contributed by atoms with van der Waals surface area (Å²) in [6.07, 6.45) is 5.95. The zero-order valence-electron chi connectivity index (χ0n) is 28.9. The van der Waals surface area contributed by atoms with Crippen LogP contribution in [0.5, 0.6) is 0 Å². The van der Waals surface area contributed by atoms with Gasteiger partial charge < -0.3 is 24.0 Å². The van der Waals surface area contributed by atoms with Crippen LogP contribution in [0.2, 0.25) is 0 Å². The van der Waals surface area contributed by atoms with Crippen molar-refractivity contribution in [1.29, 1.82) is 0 Å². The number of carbonyl (C=O) groups is 1. The van der Waals surface area contributed by atoms with Crippen molar-refractivity contribution in [3.05, 3.63) is 90.3 Å². The maximum atomic E-state index is 14.2. The van der Waals surface area contributed by atoms with Gasteiger partial charge in [-0.1, -0.05) is 42.5 Å². The molecule has 4 heterocycles. The van der Waals surface area contributed by atoms with Gasteiger partial charge in [-0.25, -0.2) is 9.67 Å². The second-order valence-electron chi connectivity index (χ2n) is 13.2. The Bertz CT molecular complexity index is 1930. The summed E-state index contributed by atoms with van der Waals surface area (Å²) in [5, 5.41) is 11.5. The van der Waals surface area contributed by atoms with Crippen LogP contribution in [0.15, 0.2) is 84.0 Å². The first kappa shape index (κ1) is 34.0. The van der Waals surface area contributed by atoms with E-state index < -0.39 is 10.8 Å². The molecule has 2 atom stereocenters. The second kappa shape index (κ2) is 15.2. The molecule has 7 rings (SSSR count). The van der Waals surface area contributed by atoms with Crippen LogP contribution in [0.1, 0.15) is 42.1 Å². The van der Waals surface area contributed by atoms with Crippen LogP contribution >= 0.6 is 0 Å². The topological polar surface area (TPSA) is 115 Å². The molecule has 0 bridgehead atoms. The summed E-state index contributed by atoms with van der Waals surface area (Å²) in [5.74, 6) is 0.913. The first-order chi connectivity index (χ1) is 24.5. The summed E-state index contributed by atoms with van der Waals surface area (Å²) in [6, 6.07) is 24.3. The zero-order valence-corrected chi connectivity index (χ0v) is 29.7. The third-order valence-corrected chi connectivity index (χ3v) is 11.2. The minimum Gasteiger partial charge on any atom is -0.380 e. The number of rotatable bonds is 12. The number of nitrogens with zero attached hydrogens (tertiary/aromatic N) is 9. The van der Waals surface area contributed by atoms with Crippen molar-refractivity contribution in [2.45, 2.75) is 43.0 Å². The monoisotopic (exact) mass is 695 g/mol. The normalized spacial score (nSPS) is 19.2. The van der Waals surface area contributed by atoms with Crippen LogP contribution in [0.4, 0.5) is 5.95 Å². The molecule has 2 fully saturated rings. The number of likely N-dealkylation sites (tertiary alicyclic amines) is 1. The van der Waals surface area contributed by atoms with Gasteiger partial charge in [0.25, 0.3) is 5.91 Å². The number of hydrogen-bond donors (Lipinski definition) is 0. The highest BCUT2D eigenvalue weighted by Crippen LogP contribution is 2.39. The largest absolute Gasteiger partial charge is 0.380 e. The molecule has 1 amide bonds. The minimum atomic E-state index is -1.34. The maximum absolute atomic E-state index is 14.2. The Morgan fingerprint density at radius 1 is 0.960 bits per heavy atom. The average Bonchev–Trinajstić information content (AvgIpc) is 3.88. The number of amides is 1. The Hall–Kier alpha value is -4.46. The highest BCUT2D eigenvalue weighted by atomic mass is 32.2. The third-order valence-electron chi connectivity index (χ3n) is 10.2. The number of hydrogen-bond acceptors (Lipinski definition) is 9. The van der Waals surface area contributed by atoms with Gasteiger partial charge in [-0.15, -0.1) is 5.10 Å². The van der Waals surface area contributed by atoms with Gasteiger partial charge in [0.05, 0.1) is 44.6 Å². The van der Waals surface area contributed by atoms with Crippen LogP contribution in [0, 0.1) is 0 Å². The van der Waals surface area contributed by atoms with E-state index in [9.17, 15) is 9.00 Å². The SMILES string of the molecule is CCOCCn1c(N2CCCN(CCC3(c4ccccc4)CCN(C(=O)c4cc(-n5cnnn5)ccc4S(C)=O)C3)CC2)nc2ccccc21. The predicted molar refractivity (Wildman–Crippen MR) is 194 cm³/mol. The van der Waals surface area contributed by atoms with Crippen molar-refractivity contribution >= 4 is 33.7 Å². The van der Waals surface area contributed by atoms with Crippen LogP contribution in [0.25, 0.3) is 16.7 Å². The van der Waals surface area contributed by atoms with Crippen molar-refractivity contribution in [2.24, 2.45) is 0 Å². The molecule has 2 aliphatic heterocycles. The van der Waals surface area contributed by atoms with Gasteiger partial charge in [-0.2, -0.15) is 0 Å². The van der Waals surface area contributed by atoms with E-state index in [1.807, 2.05) is 24.0 Å². The van der Waals surface area contributed by atoms with E-state index in [4.69, 9.17) is 9.72 Å². The average molecular weight is 696 g/mol. The quantitative estimate of drug-likeness (QED) is 0.178. The van der Waals surface area contributed by atoms with E-state index in [1.54, 1.807) is 24.5 Å². The lowest BCUT2D eigenvalue weighted by molar-refractivity contribution is 0.0777. The van der Waals surface area contributed by atoms with Crippen LogP contribution in [-0.2, 0) is 27.5 Å². The van der Waals surface area contributed by atoms with Gasteiger partial charge in [0, 0.05) is 57.5 Å². The highest BCUT2D eigenvalue weighted by Gasteiger charge is 2.42. The first-order valence-electron chi connectivity index (χ1n) is 17.5. The van der Waals surface area contributed by atoms with Crippen molar-refractivity contribution < 1.29 is 13.7 Å². The number of ether oxygens (including phenoxy) is 1. The Labute approximate surface area is 295 Å². The third kappa shape index (κ3) is 7.07. The molecule has 12 nitrogen and oxygen atoms in total. The standard InChI is InChI=1S/C37H45N9O3S/c1-3-49-25-24-45-33-13-8-7-12-32(33)39-36(45)43-19-9-18-42(22-23-43)20-16-37(29-10-5-4-6-11-29)17-21-44(27-37)35(47)31-26-30(46-28-38-40-41-46)14-15-34(31)50(2)48/h4-8,10-15,26,28H,3,9,16-25,27H2,1-2H3. The Morgan fingerprint density at radius 3 is 2.60 bits per heavy atom.